The summed E-state index contributed by atoms with van der Waals surface area (Å²) in [5, 5.41) is 12.7. The molecule has 1 fully saturated rings. The number of aliphatic hydroxyl groups excluding tert-OH is 1. The molecule has 0 aromatic heterocycles. The fourth-order valence-corrected chi connectivity index (χ4v) is 2.93. The molecule has 0 unspecified atom stereocenters. The summed E-state index contributed by atoms with van der Waals surface area (Å²) in [5.41, 5.74) is 0. The van der Waals surface area contributed by atoms with Crippen LogP contribution in [0, 0.1) is 5.92 Å². The Hall–Kier alpha value is 0.270. The second kappa shape index (κ2) is 5.89. The van der Waals surface area contributed by atoms with E-state index in [4.69, 9.17) is 5.11 Å². The minimum Gasteiger partial charge on any atom is -0.395 e. The molecule has 2 atom stereocenters. The zero-order valence-corrected chi connectivity index (χ0v) is 9.44. The molecule has 2 nitrogen and oxygen atoms in total. The van der Waals surface area contributed by atoms with Crippen LogP contribution >= 0.6 is 11.8 Å². The van der Waals surface area contributed by atoms with Crippen LogP contribution in [0.15, 0.2) is 0 Å². The fraction of sp³-hybridized carbons (Fsp3) is 1.00. The lowest BCUT2D eigenvalue weighted by Crippen LogP contribution is -2.41. The van der Waals surface area contributed by atoms with Gasteiger partial charge in [0.2, 0.25) is 0 Å². The first-order valence-electron chi connectivity index (χ1n) is 5.17. The van der Waals surface area contributed by atoms with Crippen molar-refractivity contribution in [3.8, 4) is 0 Å². The highest BCUT2D eigenvalue weighted by Gasteiger charge is 2.19. The van der Waals surface area contributed by atoms with Crippen molar-refractivity contribution in [2.24, 2.45) is 5.92 Å². The van der Waals surface area contributed by atoms with Crippen LogP contribution in [0.5, 0.6) is 0 Å². The average molecular weight is 203 g/mol. The van der Waals surface area contributed by atoms with Gasteiger partial charge >= 0.3 is 0 Å². The van der Waals surface area contributed by atoms with Crippen LogP contribution in [0.1, 0.15) is 26.7 Å². The van der Waals surface area contributed by atoms with E-state index in [-0.39, 0.29) is 6.61 Å². The van der Waals surface area contributed by atoms with E-state index in [9.17, 15) is 0 Å². The molecule has 0 spiro atoms. The van der Waals surface area contributed by atoms with Gasteiger partial charge in [-0.15, -0.1) is 0 Å². The van der Waals surface area contributed by atoms with Crippen molar-refractivity contribution in [3.05, 3.63) is 0 Å². The lowest BCUT2D eigenvalue weighted by atomic mass is 10.0. The topological polar surface area (TPSA) is 32.3 Å². The van der Waals surface area contributed by atoms with Gasteiger partial charge in [0.25, 0.3) is 0 Å². The molecule has 1 heterocycles. The number of nitrogens with one attached hydrogen (secondary N) is 1. The second-order valence-electron chi connectivity index (χ2n) is 4.24. The number of hydrogen-bond acceptors (Lipinski definition) is 3. The summed E-state index contributed by atoms with van der Waals surface area (Å²) in [5.74, 6) is 3.16. The molecule has 1 saturated heterocycles. The van der Waals surface area contributed by atoms with Gasteiger partial charge in [-0.3, -0.25) is 0 Å². The van der Waals surface area contributed by atoms with E-state index in [1.807, 2.05) is 11.8 Å². The van der Waals surface area contributed by atoms with Crippen molar-refractivity contribution >= 4 is 11.8 Å². The zero-order chi connectivity index (χ0) is 9.68. The monoisotopic (exact) mass is 203 g/mol. The Balaban J connectivity index is 2.21. The number of aliphatic hydroxyl groups is 1. The molecule has 0 aliphatic carbocycles. The van der Waals surface area contributed by atoms with Crippen LogP contribution in [0.25, 0.3) is 0 Å². The Kier molecular flexibility index (Phi) is 5.14. The van der Waals surface area contributed by atoms with Crippen molar-refractivity contribution in [3.63, 3.8) is 0 Å². The highest BCUT2D eigenvalue weighted by molar-refractivity contribution is 7.99. The van der Waals surface area contributed by atoms with E-state index in [1.165, 1.54) is 17.9 Å². The molecule has 78 valence electrons. The summed E-state index contributed by atoms with van der Waals surface area (Å²) in [6.45, 7) is 4.68. The zero-order valence-electron chi connectivity index (χ0n) is 8.62. The summed E-state index contributed by atoms with van der Waals surface area (Å²) in [6, 6.07) is 0.949. The molecular formula is C10H21NOS. The van der Waals surface area contributed by atoms with Gasteiger partial charge in [-0.25, -0.2) is 0 Å². The first-order valence-corrected chi connectivity index (χ1v) is 6.32. The lowest BCUT2D eigenvalue weighted by Gasteiger charge is -2.22. The Morgan fingerprint density at radius 1 is 1.54 bits per heavy atom. The third-order valence-electron chi connectivity index (χ3n) is 2.38. The van der Waals surface area contributed by atoms with Crippen molar-refractivity contribution in [1.29, 1.82) is 0 Å². The Morgan fingerprint density at radius 3 is 2.77 bits per heavy atom. The maximum atomic E-state index is 9.17. The molecule has 2 N–H and O–H groups in total. The van der Waals surface area contributed by atoms with E-state index < -0.39 is 0 Å². The minimum absolute atomic E-state index is 0.277. The third kappa shape index (κ3) is 4.34. The summed E-state index contributed by atoms with van der Waals surface area (Å²) in [4.78, 5) is 0. The molecule has 0 amide bonds. The van der Waals surface area contributed by atoms with Crippen LogP contribution in [-0.4, -0.2) is 35.3 Å². The van der Waals surface area contributed by atoms with Gasteiger partial charge in [0, 0.05) is 17.8 Å². The van der Waals surface area contributed by atoms with E-state index in [2.05, 4.69) is 19.2 Å². The van der Waals surface area contributed by atoms with E-state index in [0.29, 0.717) is 18.0 Å². The van der Waals surface area contributed by atoms with Gasteiger partial charge in [-0.1, -0.05) is 13.8 Å². The maximum absolute atomic E-state index is 9.17. The Bertz CT molecular complexity index is 135. The maximum Gasteiger partial charge on any atom is 0.0584 e. The van der Waals surface area contributed by atoms with Crippen molar-refractivity contribution in [2.45, 2.75) is 38.8 Å². The van der Waals surface area contributed by atoms with Gasteiger partial charge < -0.3 is 10.4 Å². The van der Waals surface area contributed by atoms with Gasteiger partial charge in [-0.2, -0.15) is 11.8 Å². The highest BCUT2D eigenvalue weighted by atomic mass is 32.2. The quantitative estimate of drug-likeness (QED) is 0.710. The normalized spacial score (nSPS) is 25.4. The molecule has 0 saturated carbocycles. The predicted molar refractivity (Wildman–Crippen MR) is 59.2 cm³/mol. The standard InChI is InChI=1S/C10H21NOS/c1-8(2)5-10(6-12)11-9-3-4-13-7-9/h8-12H,3-7H2,1-2H3/t9-,10+/m0/s1. The number of hydrogen-bond donors (Lipinski definition) is 2. The molecule has 0 aromatic rings. The van der Waals surface area contributed by atoms with Crippen LogP contribution in [0.2, 0.25) is 0 Å². The van der Waals surface area contributed by atoms with E-state index >= 15 is 0 Å². The van der Waals surface area contributed by atoms with E-state index in [1.54, 1.807) is 0 Å². The first kappa shape index (κ1) is 11.3. The smallest absolute Gasteiger partial charge is 0.0584 e. The molecule has 1 aliphatic heterocycles. The van der Waals surface area contributed by atoms with Gasteiger partial charge in [-0.05, 0) is 24.5 Å². The van der Waals surface area contributed by atoms with Crippen molar-refractivity contribution in [2.75, 3.05) is 18.1 Å². The molecule has 0 bridgehead atoms. The molecule has 13 heavy (non-hydrogen) atoms. The summed E-state index contributed by atoms with van der Waals surface area (Å²) < 4.78 is 0. The van der Waals surface area contributed by atoms with Crippen LogP contribution in [0.4, 0.5) is 0 Å². The fourth-order valence-electron chi connectivity index (χ4n) is 1.76. The van der Waals surface area contributed by atoms with Crippen LogP contribution in [-0.2, 0) is 0 Å². The summed E-state index contributed by atoms with van der Waals surface area (Å²) in [7, 11) is 0. The average Bonchev–Trinajstić information content (AvgIpc) is 2.55. The Labute approximate surface area is 85.5 Å². The minimum atomic E-state index is 0.277. The number of rotatable bonds is 5. The van der Waals surface area contributed by atoms with Gasteiger partial charge in [0.15, 0.2) is 0 Å². The van der Waals surface area contributed by atoms with Crippen molar-refractivity contribution in [1.82, 2.24) is 5.32 Å². The van der Waals surface area contributed by atoms with Crippen LogP contribution < -0.4 is 5.32 Å². The molecule has 1 rings (SSSR count). The molecule has 0 radical (unpaired) electrons. The highest BCUT2D eigenvalue weighted by Crippen LogP contribution is 2.18. The Morgan fingerprint density at radius 2 is 2.31 bits per heavy atom. The lowest BCUT2D eigenvalue weighted by molar-refractivity contribution is 0.215. The number of thioether (sulfide) groups is 1. The third-order valence-corrected chi connectivity index (χ3v) is 3.54. The molecule has 0 aromatic carbocycles. The molecular weight excluding hydrogens is 182 g/mol. The second-order valence-corrected chi connectivity index (χ2v) is 5.39. The van der Waals surface area contributed by atoms with E-state index in [0.717, 1.165) is 6.42 Å². The SMILES string of the molecule is CC(C)C[C@H](CO)N[C@H]1CCSC1. The van der Waals surface area contributed by atoms with Crippen molar-refractivity contribution < 1.29 is 5.11 Å². The van der Waals surface area contributed by atoms with Gasteiger partial charge in [0.1, 0.15) is 0 Å². The predicted octanol–water partition coefficient (Wildman–Crippen LogP) is 1.49. The molecule has 3 heteroatoms. The van der Waals surface area contributed by atoms with Crippen LogP contribution in [0.3, 0.4) is 0 Å². The molecule has 1 aliphatic rings. The van der Waals surface area contributed by atoms with Gasteiger partial charge in [0.05, 0.1) is 6.61 Å². The largest absolute Gasteiger partial charge is 0.395 e. The summed E-state index contributed by atoms with van der Waals surface area (Å²) in [6.07, 6.45) is 2.34. The first-order chi connectivity index (χ1) is 6.22. The summed E-state index contributed by atoms with van der Waals surface area (Å²) >= 11 is 2.01.